The van der Waals surface area contributed by atoms with Gasteiger partial charge in [-0.05, 0) is 25.0 Å². The minimum absolute atomic E-state index is 0. The molecular formula is C21H33IN4O3. The minimum Gasteiger partial charge on any atom is -0.490 e. The summed E-state index contributed by atoms with van der Waals surface area (Å²) < 4.78 is 11.8. The topological polar surface area (TPSA) is 66.4 Å². The van der Waals surface area contributed by atoms with Crippen LogP contribution in [0.5, 0.6) is 5.75 Å². The van der Waals surface area contributed by atoms with Gasteiger partial charge in [0, 0.05) is 53.2 Å². The first-order chi connectivity index (χ1) is 13.6. The number of rotatable bonds is 6. The standard InChI is InChI=1S/C21H32N4O3.HI/c1-24(2)20(26)16-23-21(22-15-19-9-6-14-27-19)25-12-10-18(11-13-25)28-17-7-4-3-5-8-17;/h3-5,7-8,18-19H,6,9-16H2,1-2H3,(H,22,23);1H. The first-order valence-electron chi connectivity index (χ1n) is 10.2. The van der Waals surface area contributed by atoms with Crippen LogP contribution in [0.15, 0.2) is 35.3 Å². The van der Waals surface area contributed by atoms with Crippen LogP contribution in [-0.4, -0.2) is 80.8 Å². The summed E-state index contributed by atoms with van der Waals surface area (Å²) in [7, 11) is 3.51. The Morgan fingerprint density at radius 1 is 1.24 bits per heavy atom. The molecule has 1 amide bonds. The first-order valence-corrected chi connectivity index (χ1v) is 10.2. The zero-order chi connectivity index (χ0) is 19.8. The van der Waals surface area contributed by atoms with Crippen LogP contribution in [0.1, 0.15) is 25.7 Å². The van der Waals surface area contributed by atoms with Gasteiger partial charge < -0.3 is 24.6 Å². The van der Waals surface area contributed by atoms with Crippen LogP contribution in [0, 0.1) is 0 Å². The second-order valence-corrected chi connectivity index (χ2v) is 7.56. The second kappa shape index (κ2) is 12.2. The molecule has 0 saturated carbocycles. The fourth-order valence-electron chi connectivity index (χ4n) is 3.44. The van der Waals surface area contributed by atoms with E-state index in [1.54, 1.807) is 19.0 Å². The van der Waals surface area contributed by atoms with E-state index in [0.29, 0.717) is 0 Å². The second-order valence-electron chi connectivity index (χ2n) is 7.56. The van der Waals surface area contributed by atoms with Crippen molar-refractivity contribution in [2.45, 2.75) is 37.9 Å². The third-order valence-corrected chi connectivity index (χ3v) is 5.16. The van der Waals surface area contributed by atoms with E-state index in [2.05, 4.69) is 15.2 Å². The number of guanidine groups is 1. The number of hydrogen-bond donors (Lipinski definition) is 1. The van der Waals surface area contributed by atoms with E-state index in [1.807, 2.05) is 30.3 Å². The van der Waals surface area contributed by atoms with E-state index in [1.165, 1.54) is 0 Å². The van der Waals surface area contributed by atoms with Crippen molar-refractivity contribution in [2.75, 3.05) is 46.9 Å². The Bertz CT molecular complexity index is 643. The highest BCUT2D eigenvalue weighted by atomic mass is 127. The zero-order valence-corrected chi connectivity index (χ0v) is 19.7. The maximum atomic E-state index is 12.0. The number of aliphatic imine (C=N–C) groups is 1. The molecule has 1 atom stereocenters. The number of likely N-dealkylation sites (N-methyl/N-ethyl adjacent to an activating group) is 1. The third-order valence-electron chi connectivity index (χ3n) is 5.16. The number of benzene rings is 1. The molecule has 7 nitrogen and oxygen atoms in total. The Morgan fingerprint density at radius 3 is 2.59 bits per heavy atom. The highest BCUT2D eigenvalue weighted by Gasteiger charge is 2.24. The van der Waals surface area contributed by atoms with Crippen molar-refractivity contribution in [3.63, 3.8) is 0 Å². The largest absolute Gasteiger partial charge is 0.490 e. The Balaban J connectivity index is 0.00000300. The van der Waals surface area contributed by atoms with Gasteiger partial charge in [0.1, 0.15) is 18.4 Å². The highest BCUT2D eigenvalue weighted by molar-refractivity contribution is 14.0. The number of piperidine rings is 1. The maximum Gasteiger partial charge on any atom is 0.243 e. The predicted molar refractivity (Wildman–Crippen MR) is 125 cm³/mol. The summed E-state index contributed by atoms with van der Waals surface area (Å²) in [5.41, 5.74) is 0. The van der Waals surface area contributed by atoms with Gasteiger partial charge in [0.25, 0.3) is 0 Å². The van der Waals surface area contributed by atoms with Crippen LogP contribution in [0.3, 0.4) is 0 Å². The van der Waals surface area contributed by atoms with Crippen molar-refractivity contribution in [1.29, 1.82) is 0 Å². The summed E-state index contributed by atoms with van der Waals surface area (Å²) in [6, 6.07) is 9.97. The molecule has 0 aliphatic carbocycles. The molecule has 2 fully saturated rings. The van der Waals surface area contributed by atoms with Crippen LogP contribution in [0.4, 0.5) is 0 Å². The molecule has 1 unspecified atom stereocenters. The molecule has 162 valence electrons. The molecule has 29 heavy (non-hydrogen) atoms. The van der Waals surface area contributed by atoms with Crippen molar-refractivity contribution in [2.24, 2.45) is 4.99 Å². The van der Waals surface area contributed by atoms with E-state index in [0.717, 1.165) is 63.6 Å². The van der Waals surface area contributed by atoms with Crippen molar-refractivity contribution in [1.82, 2.24) is 15.1 Å². The van der Waals surface area contributed by atoms with Crippen LogP contribution in [0.25, 0.3) is 0 Å². The summed E-state index contributed by atoms with van der Waals surface area (Å²) in [5, 5.41) is 3.43. The molecule has 1 aromatic rings. The smallest absolute Gasteiger partial charge is 0.243 e. The molecule has 2 saturated heterocycles. The van der Waals surface area contributed by atoms with Gasteiger partial charge >= 0.3 is 0 Å². The summed E-state index contributed by atoms with van der Waals surface area (Å²) in [6.45, 7) is 3.42. The molecule has 0 spiro atoms. The first kappa shape index (κ1) is 23.7. The molecule has 1 aromatic carbocycles. The minimum atomic E-state index is -0.00119. The molecule has 1 N–H and O–H groups in total. The number of halogens is 1. The van der Waals surface area contributed by atoms with Crippen molar-refractivity contribution >= 4 is 35.8 Å². The normalized spacial score (nSPS) is 20.1. The zero-order valence-electron chi connectivity index (χ0n) is 17.4. The van der Waals surface area contributed by atoms with Crippen molar-refractivity contribution < 1.29 is 14.3 Å². The Kier molecular flexibility index (Phi) is 9.99. The van der Waals surface area contributed by atoms with E-state index < -0.39 is 0 Å². The number of carbonyl (C=O) groups excluding carboxylic acids is 1. The maximum absolute atomic E-state index is 12.0. The van der Waals surface area contributed by atoms with Gasteiger partial charge in [0.05, 0.1) is 6.10 Å². The lowest BCUT2D eigenvalue weighted by molar-refractivity contribution is -0.127. The van der Waals surface area contributed by atoms with Crippen LogP contribution < -0.4 is 10.1 Å². The van der Waals surface area contributed by atoms with Crippen LogP contribution in [0.2, 0.25) is 0 Å². The number of amides is 1. The summed E-state index contributed by atoms with van der Waals surface area (Å²) in [5.74, 6) is 1.71. The number of para-hydroxylation sites is 1. The Labute approximate surface area is 190 Å². The fraction of sp³-hybridized carbons (Fsp3) is 0.619. The molecule has 0 radical (unpaired) electrons. The van der Waals surface area contributed by atoms with Gasteiger partial charge in [-0.25, -0.2) is 4.99 Å². The van der Waals surface area contributed by atoms with Crippen molar-refractivity contribution in [3.8, 4) is 5.75 Å². The molecule has 2 aliphatic heterocycles. The van der Waals surface area contributed by atoms with E-state index in [-0.39, 0.29) is 48.6 Å². The Morgan fingerprint density at radius 2 is 1.97 bits per heavy atom. The molecule has 2 aliphatic rings. The van der Waals surface area contributed by atoms with Crippen LogP contribution in [-0.2, 0) is 9.53 Å². The predicted octanol–water partition coefficient (Wildman–Crippen LogP) is 2.36. The lowest BCUT2D eigenvalue weighted by Crippen LogP contribution is -2.49. The number of carbonyl (C=O) groups is 1. The summed E-state index contributed by atoms with van der Waals surface area (Å²) in [6.07, 6.45) is 4.48. The lowest BCUT2D eigenvalue weighted by atomic mass is 10.1. The van der Waals surface area contributed by atoms with Crippen LogP contribution >= 0.6 is 24.0 Å². The number of ether oxygens (including phenoxy) is 2. The fourth-order valence-corrected chi connectivity index (χ4v) is 3.44. The highest BCUT2D eigenvalue weighted by Crippen LogP contribution is 2.19. The molecule has 0 bridgehead atoms. The van der Waals surface area contributed by atoms with Gasteiger partial charge in [-0.3, -0.25) is 4.79 Å². The van der Waals surface area contributed by atoms with Gasteiger partial charge in [0.15, 0.2) is 5.96 Å². The molecule has 3 rings (SSSR count). The summed E-state index contributed by atoms with van der Waals surface area (Å²) in [4.78, 5) is 20.4. The molecular weight excluding hydrogens is 483 g/mol. The monoisotopic (exact) mass is 516 g/mol. The summed E-state index contributed by atoms with van der Waals surface area (Å²) >= 11 is 0. The lowest BCUT2D eigenvalue weighted by Gasteiger charge is -2.34. The number of hydrogen-bond acceptors (Lipinski definition) is 4. The van der Waals surface area contributed by atoms with Crippen molar-refractivity contribution in [3.05, 3.63) is 30.3 Å². The molecule has 8 heteroatoms. The third kappa shape index (κ3) is 7.65. The SMILES string of the molecule is CN(C)C(=O)CN=C(NCC1CCCO1)N1CCC(Oc2ccccc2)CC1.I. The quantitative estimate of drug-likeness (QED) is 0.358. The van der Waals surface area contributed by atoms with E-state index in [4.69, 9.17) is 9.47 Å². The van der Waals surface area contributed by atoms with Gasteiger partial charge in [-0.2, -0.15) is 0 Å². The van der Waals surface area contributed by atoms with E-state index in [9.17, 15) is 4.79 Å². The molecule has 2 heterocycles. The Hall–Kier alpha value is -1.55. The van der Waals surface area contributed by atoms with Gasteiger partial charge in [-0.15, -0.1) is 24.0 Å². The number of nitrogens with one attached hydrogen (secondary N) is 1. The molecule has 0 aromatic heterocycles. The average molecular weight is 516 g/mol. The number of nitrogens with zero attached hydrogens (tertiary/aromatic N) is 3. The van der Waals surface area contributed by atoms with Gasteiger partial charge in [-0.1, -0.05) is 18.2 Å². The average Bonchev–Trinajstić information content (AvgIpc) is 3.23. The van der Waals surface area contributed by atoms with E-state index >= 15 is 0 Å². The number of likely N-dealkylation sites (tertiary alicyclic amines) is 1. The van der Waals surface area contributed by atoms with Gasteiger partial charge in [0.2, 0.25) is 5.91 Å².